The molecule has 1 fully saturated rings. The molecule has 158 valence electrons. The van der Waals surface area contributed by atoms with Gasteiger partial charge in [0.1, 0.15) is 0 Å². The third-order valence-electron chi connectivity index (χ3n) is 5.38. The van der Waals surface area contributed by atoms with Gasteiger partial charge < -0.3 is 20.5 Å². The number of amides is 2. The van der Waals surface area contributed by atoms with Crippen molar-refractivity contribution >= 4 is 17.9 Å². The van der Waals surface area contributed by atoms with Crippen LogP contribution in [0.25, 0.3) is 6.08 Å². The van der Waals surface area contributed by atoms with Gasteiger partial charge in [-0.15, -0.1) is 0 Å². The van der Waals surface area contributed by atoms with Gasteiger partial charge in [-0.2, -0.15) is 0 Å². The minimum atomic E-state index is -0.563. The number of carbonyl (C=O) groups excluding carboxylic acids is 2. The highest BCUT2D eigenvalue weighted by Crippen LogP contribution is 2.39. The van der Waals surface area contributed by atoms with Gasteiger partial charge >= 0.3 is 0 Å². The minimum absolute atomic E-state index is 0.133. The Kier molecular flexibility index (Phi) is 6.77. The van der Waals surface area contributed by atoms with Crippen LogP contribution in [0.15, 0.2) is 48.5 Å². The van der Waals surface area contributed by atoms with Crippen LogP contribution in [0.4, 0.5) is 0 Å². The van der Waals surface area contributed by atoms with Gasteiger partial charge in [0.2, 0.25) is 5.91 Å². The van der Waals surface area contributed by atoms with Crippen LogP contribution in [0.2, 0.25) is 0 Å². The minimum Gasteiger partial charge on any atom is -0.493 e. The van der Waals surface area contributed by atoms with E-state index in [0.29, 0.717) is 11.5 Å². The molecule has 0 aromatic heterocycles. The van der Waals surface area contributed by atoms with Crippen LogP contribution >= 0.6 is 0 Å². The van der Waals surface area contributed by atoms with Gasteiger partial charge in [0, 0.05) is 6.08 Å². The molecule has 30 heavy (non-hydrogen) atoms. The summed E-state index contributed by atoms with van der Waals surface area (Å²) in [6.45, 7) is 1.84. The van der Waals surface area contributed by atoms with Crippen LogP contribution in [0, 0.1) is 6.92 Å². The number of ether oxygens (including phenoxy) is 2. The zero-order chi connectivity index (χ0) is 21.6. The fourth-order valence-corrected chi connectivity index (χ4v) is 3.91. The molecule has 0 radical (unpaired) electrons. The number of carbonyl (C=O) groups is 2. The molecule has 0 atom stereocenters. The summed E-state index contributed by atoms with van der Waals surface area (Å²) in [5.74, 6) is 0.187. The molecule has 2 aromatic carbocycles. The Bertz CT molecular complexity index is 946. The van der Waals surface area contributed by atoms with Crippen molar-refractivity contribution in [3.8, 4) is 11.5 Å². The van der Waals surface area contributed by atoms with Gasteiger partial charge in [-0.3, -0.25) is 9.59 Å². The summed E-state index contributed by atoms with van der Waals surface area (Å²) in [7, 11) is 1.51. The van der Waals surface area contributed by atoms with Crippen LogP contribution in [-0.2, 0) is 15.1 Å². The molecule has 6 nitrogen and oxygen atoms in total. The summed E-state index contributed by atoms with van der Waals surface area (Å²) in [6.07, 6.45) is 7.35. The van der Waals surface area contributed by atoms with Gasteiger partial charge in [0.05, 0.1) is 12.6 Å². The first-order valence-corrected chi connectivity index (χ1v) is 10.1. The second kappa shape index (κ2) is 9.48. The molecule has 1 aliphatic carbocycles. The number of hydrogen-bond acceptors (Lipinski definition) is 4. The highest BCUT2D eigenvalue weighted by atomic mass is 16.5. The number of rotatable bonds is 8. The number of benzene rings is 2. The van der Waals surface area contributed by atoms with Gasteiger partial charge in [-0.25, -0.2) is 0 Å². The summed E-state index contributed by atoms with van der Waals surface area (Å²) in [6, 6.07) is 13.6. The molecule has 0 aliphatic heterocycles. The van der Waals surface area contributed by atoms with E-state index in [-0.39, 0.29) is 18.1 Å². The van der Waals surface area contributed by atoms with E-state index in [0.717, 1.165) is 31.2 Å². The van der Waals surface area contributed by atoms with Gasteiger partial charge in [0.25, 0.3) is 5.91 Å². The number of nitrogens with one attached hydrogen (secondary N) is 1. The molecular formula is C24H28N2O4. The monoisotopic (exact) mass is 408 g/mol. The Morgan fingerprint density at radius 3 is 2.57 bits per heavy atom. The largest absolute Gasteiger partial charge is 0.493 e. The second-order valence-electron chi connectivity index (χ2n) is 7.65. The van der Waals surface area contributed by atoms with E-state index < -0.39 is 5.91 Å². The van der Waals surface area contributed by atoms with Crippen LogP contribution < -0.4 is 20.5 Å². The second-order valence-corrected chi connectivity index (χ2v) is 7.65. The van der Waals surface area contributed by atoms with E-state index in [4.69, 9.17) is 15.2 Å². The average molecular weight is 408 g/mol. The van der Waals surface area contributed by atoms with E-state index in [9.17, 15) is 9.59 Å². The van der Waals surface area contributed by atoms with Crippen molar-refractivity contribution in [1.82, 2.24) is 5.32 Å². The number of hydrogen-bond donors (Lipinski definition) is 2. The molecule has 0 heterocycles. The van der Waals surface area contributed by atoms with Crippen molar-refractivity contribution in [3.05, 3.63) is 65.2 Å². The third kappa shape index (κ3) is 5.20. The highest BCUT2D eigenvalue weighted by Gasteiger charge is 2.36. The summed E-state index contributed by atoms with van der Waals surface area (Å²) >= 11 is 0. The quantitative estimate of drug-likeness (QED) is 0.655. The summed E-state index contributed by atoms with van der Waals surface area (Å²) in [4.78, 5) is 23.6. The molecule has 1 saturated carbocycles. The first-order chi connectivity index (χ1) is 14.4. The van der Waals surface area contributed by atoms with Crippen molar-refractivity contribution in [1.29, 1.82) is 0 Å². The van der Waals surface area contributed by atoms with Crippen molar-refractivity contribution in [2.75, 3.05) is 13.7 Å². The zero-order valence-electron chi connectivity index (χ0n) is 17.4. The van der Waals surface area contributed by atoms with Crippen molar-refractivity contribution in [3.63, 3.8) is 0 Å². The number of nitrogens with two attached hydrogens (primary N) is 1. The lowest BCUT2D eigenvalue weighted by molar-refractivity contribution is -0.120. The Morgan fingerprint density at radius 1 is 1.13 bits per heavy atom. The molecule has 2 amide bonds. The Hall–Kier alpha value is -3.28. The fourth-order valence-electron chi connectivity index (χ4n) is 3.91. The maximum atomic E-state index is 12.7. The lowest BCUT2D eigenvalue weighted by Gasteiger charge is -2.31. The summed E-state index contributed by atoms with van der Waals surface area (Å²) < 4.78 is 10.6. The number of methoxy groups -OCH3 is 1. The average Bonchev–Trinajstić information content (AvgIpc) is 3.20. The predicted molar refractivity (Wildman–Crippen MR) is 116 cm³/mol. The molecule has 0 saturated heterocycles. The van der Waals surface area contributed by atoms with Crippen LogP contribution in [0.3, 0.4) is 0 Å². The Morgan fingerprint density at radius 2 is 1.90 bits per heavy atom. The predicted octanol–water partition coefficient (Wildman–Crippen LogP) is 3.47. The molecule has 3 N–H and O–H groups in total. The molecule has 0 bridgehead atoms. The van der Waals surface area contributed by atoms with Crippen molar-refractivity contribution in [2.45, 2.75) is 38.1 Å². The normalized spacial score (nSPS) is 15.1. The van der Waals surface area contributed by atoms with Crippen LogP contribution in [-0.4, -0.2) is 25.5 Å². The first kappa shape index (κ1) is 21.4. The third-order valence-corrected chi connectivity index (χ3v) is 5.38. The number of aryl methyl sites for hydroxylation is 1. The van der Waals surface area contributed by atoms with E-state index >= 15 is 0 Å². The molecule has 6 heteroatoms. The van der Waals surface area contributed by atoms with Gasteiger partial charge in [-0.05, 0) is 49.1 Å². The maximum absolute atomic E-state index is 12.7. The van der Waals surface area contributed by atoms with Crippen LogP contribution in [0.1, 0.15) is 42.4 Å². The zero-order valence-corrected chi connectivity index (χ0v) is 17.4. The lowest BCUT2D eigenvalue weighted by atomic mass is 9.87. The van der Waals surface area contributed by atoms with E-state index in [1.54, 1.807) is 24.3 Å². The Labute approximate surface area is 177 Å². The van der Waals surface area contributed by atoms with E-state index in [1.165, 1.54) is 24.3 Å². The lowest BCUT2D eigenvalue weighted by Crippen LogP contribution is -2.43. The standard InChI is InChI=1S/C24H28N2O4/c1-17-6-5-7-19(14-17)24(12-3-4-13-24)26-23(28)11-9-18-8-10-20(21(15-18)29-2)30-16-22(25)27/h5-11,14-15H,3-4,12-13,16H2,1-2H3,(H2,25,27)(H,26,28). The van der Waals surface area contributed by atoms with Gasteiger partial charge in [0.15, 0.2) is 18.1 Å². The molecule has 1 aliphatic rings. The molecule has 2 aromatic rings. The van der Waals surface area contributed by atoms with Gasteiger partial charge in [-0.1, -0.05) is 48.7 Å². The topological polar surface area (TPSA) is 90.7 Å². The first-order valence-electron chi connectivity index (χ1n) is 10.1. The van der Waals surface area contributed by atoms with E-state index in [1.807, 2.05) is 6.07 Å². The molecule has 0 unspecified atom stereocenters. The molecule has 0 spiro atoms. The van der Waals surface area contributed by atoms with Crippen molar-refractivity contribution < 1.29 is 19.1 Å². The molecular weight excluding hydrogens is 380 g/mol. The maximum Gasteiger partial charge on any atom is 0.255 e. The van der Waals surface area contributed by atoms with Crippen molar-refractivity contribution in [2.24, 2.45) is 5.73 Å². The number of primary amides is 1. The molecule has 3 rings (SSSR count). The summed E-state index contributed by atoms with van der Waals surface area (Å²) in [5, 5.41) is 3.25. The smallest absolute Gasteiger partial charge is 0.255 e. The SMILES string of the molecule is COc1cc(C=CC(=O)NC2(c3cccc(C)c3)CCCC2)ccc1OCC(N)=O. The summed E-state index contributed by atoms with van der Waals surface area (Å²) in [5.41, 5.74) is 7.94. The van der Waals surface area contributed by atoms with E-state index in [2.05, 4.69) is 30.4 Å². The highest BCUT2D eigenvalue weighted by molar-refractivity contribution is 5.92. The fraction of sp³-hybridized carbons (Fsp3) is 0.333. The Balaban J connectivity index is 1.72. The van der Waals surface area contributed by atoms with Crippen LogP contribution in [0.5, 0.6) is 11.5 Å².